The lowest BCUT2D eigenvalue weighted by molar-refractivity contribution is -0.608. The van der Waals surface area contributed by atoms with Crippen LogP contribution in [0.5, 0.6) is 0 Å². The Labute approximate surface area is 155 Å². The van der Waals surface area contributed by atoms with Crippen LogP contribution in [0.3, 0.4) is 0 Å². The molecule has 2 heterocycles. The Morgan fingerprint density at radius 3 is 2.56 bits per heavy atom. The molecule has 0 bridgehead atoms. The van der Waals surface area contributed by atoms with E-state index in [0.29, 0.717) is 11.2 Å². The van der Waals surface area contributed by atoms with Crippen molar-refractivity contribution in [2.75, 3.05) is 13.7 Å². The second-order valence-corrected chi connectivity index (χ2v) is 6.02. The van der Waals surface area contributed by atoms with E-state index < -0.39 is 30.5 Å². The van der Waals surface area contributed by atoms with E-state index in [-0.39, 0.29) is 12.2 Å². The molecule has 140 valence electrons. The van der Waals surface area contributed by atoms with Crippen molar-refractivity contribution in [1.82, 2.24) is 4.90 Å². The number of hydrogen-bond donors (Lipinski definition) is 0. The van der Waals surface area contributed by atoms with E-state index in [1.807, 2.05) is 24.3 Å². The molecule has 2 aromatic rings. The fourth-order valence-corrected chi connectivity index (χ4v) is 3.00. The molecule has 1 aromatic heterocycles. The summed E-state index contributed by atoms with van der Waals surface area (Å²) in [5.74, 6) is -1.99. The van der Waals surface area contributed by atoms with Crippen molar-refractivity contribution < 1.29 is 28.6 Å². The average molecular weight is 370 g/mol. The standard InChI is InChI=1S/C19H18N2O6/c1-26-18(23)16-10-13-6-2-3-7-14(13)11-20(16)17(22)12-27-19(24)15-8-4-5-9-21(15)25/h2-9,16H,10-12H2,1H3/t16-/m0/s1. The minimum Gasteiger partial charge on any atom is -0.618 e. The first-order valence-electron chi connectivity index (χ1n) is 8.30. The molecular weight excluding hydrogens is 352 g/mol. The number of carbonyl (C=O) groups is 3. The van der Waals surface area contributed by atoms with E-state index in [1.54, 1.807) is 0 Å². The Hall–Kier alpha value is -3.42. The van der Waals surface area contributed by atoms with Gasteiger partial charge in [-0.2, -0.15) is 4.73 Å². The van der Waals surface area contributed by atoms with Gasteiger partial charge < -0.3 is 19.6 Å². The van der Waals surface area contributed by atoms with E-state index in [0.717, 1.165) is 17.3 Å². The first kappa shape index (κ1) is 18.4. The van der Waals surface area contributed by atoms with Gasteiger partial charge in [-0.05, 0) is 17.2 Å². The first-order chi connectivity index (χ1) is 13.0. The number of pyridine rings is 1. The Bertz CT molecular complexity index is 882. The number of amides is 1. The summed E-state index contributed by atoms with van der Waals surface area (Å²) >= 11 is 0. The number of fused-ring (bicyclic) bond motifs is 1. The molecule has 1 aliphatic heterocycles. The number of nitrogens with zero attached hydrogens (tertiary/aromatic N) is 2. The maximum Gasteiger partial charge on any atom is 0.405 e. The highest BCUT2D eigenvalue weighted by atomic mass is 16.5. The Kier molecular flexibility index (Phi) is 5.35. The third-order valence-electron chi connectivity index (χ3n) is 4.40. The van der Waals surface area contributed by atoms with Crippen molar-refractivity contribution in [1.29, 1.82) is 0 Å². The third-order valence-corrected chi connectivity index (χ3v) is 4.40. The molecule has 1 amide bonds. The number of benzene rings is 1. The summed E-state index contributed by atoms with van der Waals surface area (Å²) in [4.78, 5) is 38.1. The lowest BCUT2D eigenvalue weighted by Crippen LogP contribution is -2.50. The molecule has 1 aromatic carbocycles. The van der Waals surface area contributed by atoms with E-state index >= 15 is 0 Å². The zero-order chi connectivity index (χ0) is 19.4. The second kappa shape index (κ2) is 7.86. The van der Waals surface area contributed by atoms with E-state index in [4.69, 9.17) is 9.47 Å². The van der Waals surface area contributed by atoms with Crippen molar-refractivity contribution >= 4 is 17.8 Å². The van der Waals surface area contributed by atoms with Crippen LogP contribution in [0.15, 0.2) is 48.7 Å². The van der Waals surface area contributed by atoms with Crippen LogP contribution in [0.4, 0.5) is 0 Å². The molecule has 27 heavy (non-hydrogen) atoms. The van der Waals surface area contributed by atoms with Gasteiger partial charge in [0.05, 0.1) is 7.11 Å². The molecule has 0 saturated carbocycles. The Balaban J connectivity index is 1.73. The summed E-state index contributed by atoms with van der Waals surface area (Å²) in [6.07, 6.45) is 1.48. The van der Waals surface area contributed by atoms with Gasteiger partial charge in [0.2, 0.25) is 0 Å². The van der Waals surface area contributed by atoms with Gasteiger partial charge in [0.25, 0.3) is 5.91 Å². The minimum atomic E-state index is -0.911. The monoisotopic (exact) mass is 370 g/mol. The van der Waals surface area contributed by atoms with Crippen molar-refractivity contribution in [3.8, 4) is 0 Å². The van der Waals surface area contributed by atoms with Crippen LogP contribution in [0.25, 0.3) is 0 Å². The van der Waals surface area contributed by atoms with Crippen LogP contribution in [0.1, 0.15) is 21.6 Å². The van der Waals surface area contributed by atoms with Gasteiger partial charge >= 0.3 is 17.6 Å². The van der Waals surface area contributed by atoms with Gasteiger partial charge in [0.15, 0.2) is 12.8 Å². The SMILES string of the molecule is COC(=O)[C@@H]1Cc2ccccc2CN1C(=O)COC(=O)c1cccc[n+]1[O-]. The van der Waals surface area contributed by atoms with Gasteiger partial charge in [0.1, 0.15) is 6.04 Å². The highest BCUT2D eigenvalue weighted by Crippen LogP contribution is 2.24. The molecular formula is C19H18N2O6. The number of rotatable bonds is 4. The second-order valence-electron chi connectivity index (χ2n) is 6.02. The molecule has 0 aliphatic carbocycles. The van der Waals surface area contributed by atoms with Crippen molar-refractivity contribution in [3.63, 3.8) is 0 Å². The fourth-order valence-electron chi connectivity index (χ4n) is 3.00. The highest BCUT2D eigenvalue weighted by Gasteiger charge is 2.35. The molecule has 8 heteroatoms. The summed E-state index contributed by atoms with van der Waals surface area (Å²) in [5, 5.41) is 11.6. The van der Waals surface area contributed by atoms with Crippen molar-refractivity contribution in [3.05, 3.63) is 70.7 Å². The molecule has 0 N–H and O–H groups in total. The van der Waals surface area contributed by atoms with Crippen LogP contribution in [-0.2, 0) is 32.0 Å². The quantitative estimate of drug-likeness (QED) is 0.444. The van der Waals surface area contributed by atoms with Crippen molar-refractivity contribution in [2.24, 2.45) is 0 Å². The zero-order valence-corrected chi connectivity index (χ0v) is 14.7. The fraction of sp³-hybridized carbons (Fsp3) is 0.263. The predicted octanol–water partition coefficient (Wildman–Crippen LogP) is 0.603. The topological polar surface area (TPSA) is 99.8 Å². The Morgan fingerprint density at radius 1 is 1.15 bits per heavy atom. The molecule has 1 aliphatic rings. The first-order valence-corrected chi connectivity index (χ1v) is 8.30. The van der Waals surface area contributed by atoms with Gasteiger partial charge in [0, 0.05) is 25.1 Å². The van der Waals surface area contributed by atoms with Crippen LogP contribution in [0, 0.1) is 5.21 Å². The molecule has 0 saturated heterocycles. The lowest BCUT2D eigenvalue weighted by Gasteiger charge is -2.35. The van der Waals surface area contributed by atoms with E-state index in [1.165, 1.54) is 30.2 Å². The maximum atomic E-state index is 12.6. The van der Waals surface area contributed by atoms with E-state index in [2.05, 4.69) is 0 Å². The number of esters is 2. The normalized spacial score (nSPS) is 15.6. The molecule has 0 spiro atoms. The van der Waals surface area contributed by atoms with Crippen molar-refractivity contribution in [2.45, 2.75) is 19.0 Å². The van der Waals surface area contributed by atoms with Crippen LogP contribution >= 0.6 is 0 Å². The van der Waals surface area contributed by atoms with Gasteiger partial charge in [-0.15, -0.1) is 0 Å². The number of hydrogen-bond acceptors (Lipinski definition) is 6. The maximum absolute atomic E-state index is 12.6. The molecule has 3 rings (SSSR count). The number of aromatic nitrogens is 1. The minimum absolute atomic E-state index is 0.208. The molecule has 0 radical (unpaired) electrons. The highest BCUT2D eigenvalue weighted by molar-refractivity contribution is 5.90. The number of methoxy groups -OCH3 is 1. The summed E-state index contributed by atoms with van der Waals surface area (Å²) in [6.45, 7) is -0.372. The summed E-state index contributed by atoms with van der Waals surface area (Å²) < 4.78 is 10.1. The smallest absolute Gasteiger partial charge is 0.405 e. The van der Waals surface area contributed by atoms with E-state index in [9.17, 15) is 19.6 Å². The number of ether oxygens (including phenoxy) is 2. The summed E-state index contributed by atoms with van der Waals surface area (Å²) in [5.41, 5.74) is 1.65. The van der Waals surface area contributed by atoms with Gasteiger partial charge in [-0.1, -0.05) is 24.3 Å². The van der Waals surface area contributed by atoms with Crippen LogP contribution < -0.4 is 4.73 Å². The van der Waals surface area contributed by atoms with Gasteiger partial charge in [-0.3, -0.25) is 4.79 Å². The largest absolute Gasteiger partial charge is 0.618 e. The third kappa shape index (κ3) is 3.89. The molecule has 1 atom stereocenters. The summed E-state index contributed by atoms with van der Waals surface area (Å²) in [6, 6.07) is 11.0. The molecule has 0 unspecified atom stereocenters. The van der Waals surface area contributed by atoms with Crippen LogP contribution in [-0.4, -0.2) is 42.5 Å². The molecule has 0 fully saturated rings. The van der Waals surface area contributed by atoms with Gasteiger partial charge in [-0.25, -0.2) is 9.59 Å². The number of carbonyl (C=O) groups excluding carboxylic acids is 3. The lowest BCUT2D eigenvalue weighted by atomic mass is 9.94. The average Bonchev–Trinajstić information content (AvgIpc) is 2.70. The summed E-state index contributed by atoms with van der Waals surface area (Å²) in [7, 11) is 1.26. The molecule has 8 nitrogen and oxygen atoms in total. The Morgan fingerprint density at radius 2 is 1.85 bits per heavy atom. The predicted molar refractivity (Wildman–Crippen MR) is 92.2 cm³/mol. The van der Waals surface area contributed by atoms with Crippen LogP contribution in [0.2, 0.25) is 0 Å². The zero-order valence-electron chi connectivity index (χ0n) is 14.7.